The summed E-state index contributed by atoms with van der Waals surface area (Å²) in [7, 11) is 0. The first-order valence-corrected chi connectivity index (χ1v) is 9.88. The number of ether oxygens (including phenoxy) is 1. The molecule has 3 fully saturated rings. The van der Waals surface area contributed by atoms with E-state index in [1.54, 1.807) is 0 Å². The van der Waals surface area contributed by atoms with Crippen LogP contribution in [-0.4, -0.2) is 65.4 Å². The van der Waals surface area contributed by atoms with Crippen molar-refractivity contribution < 1.29 is 19.1 Å². The second-order valence-electron chi connectivity index (χ2n) is 8.14. The van der Waals surface area contributed by atoms with Crippen LogP contribution in [0.25, 0.3) is 11.5 Å². The summed E-state index contributed by atoms with van der Waals surface area (Å²) in [6, 6.07) is 9.70. The predicted molar refractivity (Wildman–Crippen MR) is 101 cm³/mol. The highest BCUT2D eigenvalue weighted by Crippen LogP contribution is 2.47. The molecule has 3 aliphatic rings. The maximum atomic E-state index is 13.0. The largest absolute Gasteiger partial charge is 0.441 e. The lowest BCUT2D eigenvalue weighted by Crippen LogP contribution is -2.52. The van der Waals surface area contributed by atoms with Crippen molar-refractivity contribution >= 4 is 5.91 Å². The van der Waals surface area contributed by atoms with Crippen molar-refractivity contribution in [2.75, 3.05) is 32.8 Å². The van der Waals surface area contributed by atoms with Gasteiger partial charge in [-0.25, -0.2) is 4.98 Å². The molecule has 0 aliphatic carbocycles. The molecule has 0 radical (unpaired) electrons. The molecule has 148 valence electrons. The van der Waals surface area contributed by atoms with Gasteiger partial charge in [-0.3, -0.25) is 4.79 Å². The molecule has 4 atom stereocenters. The number of rotatable bonds is 4. The topological polar surface area (TPSA) is 87.8 Å². The number of fused-ring (bicyclic) bond motifs is 1. The minimum absolute atomic E-state index is 0.0298. The molecule has 5 rings (SSSR count). The zero-order valence-corrected chi connectivity index (χ0v) is 15.9. The van der Waals surface area contributed by atoms with Crippen LogP contribution in [-0.2, 0) is 16.0 Å². The Balaban J connectivity index is 1.32. The van der Waals surface area contributed by atoms with Gasteiger partial charge in [0.05, 0.1) is 24.8 Å². The molecule has 2 bridgehead atoms. The number of nitrogens with one attached hydrogen (secondary N) is 1. The number of aryl methyl sites for hydroxylation is 1. The number of morpholine rings is 1. The molecule has 1 aromatic heterocycles. The molecule has 2 aromatic rings. The summed E-state index contributed by atoms with van der Waals surface area (Å²) in [5.41, 5.74) is 1.22. The standard InChI is InChI=1S/C21H25N3O4/c1-13-17(23-20(27-13)14-5-3-2-4-6-14)7-19(26)24-9-16-15(10-25)18-8-22-11-21(16,12-24)28-18/h2-6,15-16,18,22,25H,7-12H2,1H3/t15-,16+,18+,21+/m0/s1. The second kappa shape index (κ2) is 6.69. The number of aliphatic hydroxyl groups is 1. The SMILES string of the molecule is Cc1oc(-c2ccccc2)nc1CC(=O)N1C[C@@H]2[C@H](CO)[C@H]3CNC[C@]2(C1)O3. The Bertz CT molecular complexity index is 883. The molecule has 4 heterocycles. The number of oxazole rings is 1. The summed E-state index contributed by atoms with van der Waals surface area (Å²) >= 11 is 0. The predicted octanol–water partition coefficient (Wildman–Crippen LogP) is 1.00. The van der Waals surface area contributed by atoms with Crippen molar-refractivity contribution in [1.29, 1.82) is 0 Å². The van der Waals surface area contributed by atoms with E-state index in [4.69, 9.17) is 9.15 Å². The first-order chi connectivity index (χ1) is 13.6. The zero-order chi connectivity index (χ0) is 19.3. The summed E-state index contributed by atoms with van der Waals surface area (Å²) in [5, 5.41) is 13.2. The van der Waals surface area contributed by atoms with Crippen molar-refractivity contribution in [3.63, 3.8) is 0 Å². The van der Waals surface area contributed by atoms with Gasteiger partial charge in [-0.2, -0.15) is 0 Å². The van der Waals surface area contributed by atoms with Gasteiger partial charge in [-0.05, 0) is 19.1 Å². The number of likely N-dealkylation sites (tertiary alicyclic amines) is 1. The number of nitrogens with zero attached hydrogens (tertiary/aromatic N) is 2. The Kier molecular flexibility index (Phi) is 4.26. The van der Waals surface area contributed by atoms with Crippen LogP contribution in [0.1, 0.15) is 11.5 Å². The van der Waals surface area contributed by atoms with E-state index in [2.05, 4.69) is 10.3 Å². The monoisotopic (exact) mass is 383 g/mol. The van der Waals surface area contributed by atoms with Gasteiger partial charge < -0.3 is 24.5 Å². The van der Waals surface area contributed by atoms with Crippen molar-refractivity contribution in [1.82, 2.24) is 15.2 Å². The fraction of sp³-hybridized carbons (Fsp3) is 0.524. The van der Waals surface area contributed by atoms with Gasteiger partial charge >= 0.3 is 0 Å². The minimum atomic E-state index is -0.361. The van der Waals surface area contributed by atoms with Crippen LogP contribution in [0.4, 0.5) is 0 Å². The number of hydrogen-bond acceptors (Lipinski definition) is 6. The highest BCUT2D eigenvalue weighted by molar-refractivity contribution is 5.79. The third-order valence-corrected chi connectivity index (χ3v) is 6.50. The number of benzene rings is 1. The quantitative estimate of drug-likeness (QED) is 0.819. The molecule has 2 N–H and O–H groups in total. The summed E-state index contributed by atoms with van der Waals surface area (Å²) in [6.45, 7) is 4.65. The van der Waals surface area contributed by atoms with Gasteiger partial charge in [-0.1, -0.05) is 18.2 Å². The molecule has 0 saturated carbocycles. The Morgan fingerprint density at radius 3 is 3.00 bits per heavy atom. The Morgan fingerprint density at radius 1 is 1.39 bits per heavy atom. The van der Waals surface area contributed by atoms with Gasteiger partial charge in [-0.15, -0.1) is 0 Å². The molecule has 28 heavy (non-hydrogen) atoms. The molecular weight excluding hydrogens is 358 g/mol. The van der Waals surface area contributed by atoms with Gasteiger partial charge in [0.25, 0.3) is 0 Å². The van der Waals surface area contributed by atoms with Crippen LogP contribution in [0.2, 0.25) is 0 Å². The third-order valence-electron chi connectivity index (χ3n) is 6.50. The molecule has 1 spiro atoms. The maximum absolute atomic E-state index is 13.0. The first-order valence-electron chi connectivity index (χ1n) is 9.88. The summed E-state index contributed by atoms with van der Waals surface area (Å²) in [6.07, 6.45) is 0.262. The van der Waals surface area contributed by atoms with E-state index in [9.17, 15) is 9.90 Å². The number of carbonyl (C=O) groups is 1. The van der Waals surface area contributed by atoms with Crippen LogP contribution in [0.3, 0.4) is 0 Å². The zero-order valence-electron chi connectivity index (χ0n) is 15.9. The average molecular weight is 383 g/mol. The smallest absolute Gasteiger partial charge is 0.228 e. The van der Waals surface area contributed by atoms with E-state index in [0.29, 0.717) is 30.4 Å². The van der Waals surface area contributed by atoms with Gasteiger partial charge in [0.1, 0.15) is 11.4 Å². The second-order valence-corrected chi connectivity index (χ2v) is 8.14. The van der Waals surface area contributed by atoms with Crippen molar-refractivity contribution in [3.8, 4) is 11.5 Å². The molecule has 3 saturated heterocycles. The number of aliphatic hydroxyl groups excluding tert-OH is 1. The lowest BCUT2D eigenvalue weighted by Gasteiger charge is -2.33. The molecule has 3 aliphatic heterocycles. The Labute approximate surface area is 163 Å². The third kappa shape index (κ3) is 2.77. The van der Waals surface area contributed by atoms with Gasteiger partial charge in [0.15, 0.2) is 0 Å². The molecule has 1 amide bonds. The van der Waals surface area contributed by atoms with Gasteiger partial charge in [0.2, 0.25) is 11.8 Å². The van der Waals surface area contributed by atoms with E-state index < -0.39 is 0 Å². The molecule has 7 nitrogen and oxygen atoms in total. The maximum Gasteiger partial charge on any atom is 0.228 e. The van der Waals surface area contributed by atoms with Crippen LogP contribution in [0, 0.1) is 18.8 Å². The van der Waals surface area contributed by atoms with E-state index in [0.717, 1.165) is 18.7 Å². The number of carbonyl (C=O) groups excluding carboxylic acids is 1. The average Bonchev–Trinajstić information content (AvgIpc) is 3.30. The lowest BCUT2D eigenvalue weighted by atomic mass is 9.83. The van der Waals surface area contributed by atoms with Crippen LogP contribution in [0.15, 0.2) is 34.7 Å². The van der Waals surface area contributed by atoms with E-state index in [1.165, 1.54) is 0 Å². The van der Waals surface area contributed by atoms with Crippen LogP contribution >= 0.6 is 0 Å². The molecule has 7 heteroatoms. The Hall–Kier alpha value is -2.22. The summed E-state index contributed by atoms with van der Waals surface area (Å²) in [4.78, 5) is 19.4. The van der Waals surface area contributed by atoms with Crippen LogP contribution < -0.4 is 5.32 Å². The van der Waals surface area contributed by atoms with E-state index in [-0.39, 0.29) is 42.5 Å². The first kappa shape index (κ1) is 17.8. The van der Waals surface area contributed by atoms with Gasteiger partial charge in [0, 0.05) is 43.6 Å². The fourth-order valence-electron chi connectivity index (χ4n) is 5.04. The molecular formula is C21H25N3O4. The summed E-state index contributed by atoms with van der Waals surface area (Å²) < 4.78 is 12.1. The van der Waals surface area contributed by atoms with E-state index >= 15 is 0 Å². The Morgan fingerprint density at radius 2 is 2.21 bits per heavy atom. The van der Waals surface area contributed by atoms with E-state index in [1.807, 2.05) is 42.2 Å². The molecule has 1 aromatic carbocycles. The fourth-order valence-corrected chi connectivity index (χ4v) is 5.04. The van der Waals surface area contributed by atoms with Crippen LogP contribution in [0.5, 0.6) is 0 Å². The summed E-state index contributed by atoms with van der Waals surface area (Å²) in [5.74, 6) is 1.52. The highest BCUT2D eigenvalue weighted by Gasteiger charge is 2.61. The van der Waals surface area contributed by atoms with Crippen molar-refractivity contribution in [2.45, 2.75) is 25.0 Å². The van der Waals surface area contributed by atoms with Crippen molar-refractivity contribution in [3.05, 3.63) is 41.8 Å². The highest BCUT2D eigenvalue weighted by atomic mass is 16.5. The number of amides is 1. The normalized spacial score (nSPS) is 31.2. The number of aromatic nitrogens is 1. The van der Waals surface area contributed by atoms with Crippen molar-refractivity contribution in [2.24, 2.45) is 11.8 Å². The molecule has 0 unspecified atom stereocenters. The minimum Gasteiger partial charge on any atom is -0.441 e. The lowest BCUT2D eigenvalue weighted by molar-refractivity contribution is -0.133. The number of hydrogen-bond donors (Lipinski definition) is 2.